The van der Waals surface area contributed by atoms with E-state index in [1.807, 2.05) is 12.3 Å². The molecule has 0 atom stereocenters. The summed E-state index contributed by atoms with van der Waals surface area (Å²) < 4.78 is 0. The maximum atomic E-state index is 4.07. The van der Waals surface area contributed by atoms with Crippen LogP contribution in [-0.2, 0) is 6.42 Å². The summed E-state index contributed by atoms with van der Waals surface area (Å²) in [5, 5.41) is 0. The average Bonchev–Trinajstić information content (AvgIpc) is 2.29. The number of hydrogen-bond donors (Lipinski definition) is 0. The second-order valence-electron chi connectivity index (χ2n) is 3.26. The van der Waals surface area contributed by atoms with Crippen LogP contribution in [0.3, 0.4) is 0 Å². The van der Waals surface area contributed by atoms with E-state index in [1.165, 1.54) is 11.1 Å². The van der Waals surface area contributed by atoms with Crippen LogP contribution in [0.5, 0.6) is 0 Å². The Bertz CT molecular complexity index is 386. The molecule has 1 aromatic carbocycles. The zero-order valence-electron chi connectivity index (χ0n) is 9.40. The minimum Gasteiger partial charge on any atom is -0.296 e. The highest BCUT2D eigenvalue weighted by Crippen LogP contribution is 2.18. The van der Waals surface area contributed by atoms with Crippen LogP contribution in [0.15, 0.2) is 48.0 Å². The van der Waals surface area contributed by atoms with E-state index in [4.69, 9.17) is 0 Å². The first-order valence-electron chi connectivity index (χ1n) is 5.16. The van der Waals surface area contributed by atoms with Gasteiger partial charge in [-0.1, -0.05) is 49.9 Å². The highest BCUT2D eigenvalue weighted by Gasteiger charge is 2.02. The fourth-order valence-corrected chi connectivity index (χ4v) is 1.58. The quantitative estimate of drug-likeness (QED) is 0.519. The molecule has 0 amide bonds. The highest BCUT2D eigenvalue weighted by molar-refractivity contribution is 6.10. The molecular formula is C14H17N. The molecule has 1 rings (SSSR count). The first kappa shape index (κ1) is 11.4. The van der Waals surface area contributed by atoms with Crippen molar-refractivity contribution in [3.63, 3.8) is 0 Å². The topological polar surface area (TPSA) is 12.4 Å². The molecule has 0 saturated heterocycles. The zero-order valence-corrected chi connectivity index (χ0v) is 9.40. The van der Waals surface area contributed by atoms with E-state index < -0.39 is 0 Å². The molecule has 0 fully saturated rings. The smallest absolute Gasteiger partial charge is 0.0287 e. The standard InChI is InChI=1S/C14H17N/c1-4-8-13(11-15-3)14-10-7-6-9-12(14)5-2/h4,6-11H,1,5H2,2-3H3/b13-8+,15-11-. The Morgan fingerprint density at radius 1 is 1.40 bits per heavy atom. The zero-order chi connectivity index (χ0) is 11.1. The van der Waals surface area contributed by atoms with E-state index in [0.29, 0.717) is 0 Å². The highest BCUT2D eigenvalue weighted by atomic mass is 14.6. The maximum absolute atomic E-state index is 4.07. The summed E-state index contributed by atoms with van der Waals surface area (Å²) in [6.07, 6.45) is 6.68. The predicted molar refractivity (Wildman–Crippen MR) is 68.4 cm³/mol. The number of hydrogen-bond acceptors (Lipinski definition) is 1. The third kappa shape index (κ3) is 2.91. The van der Waals surface area contributed by atoms with Crippen molar-refractivity contribution in [2.75, 3.05) is 7.05 Å². The van der Waals surface area contributed by atoms with Crippen LogP contribution in [0.2, 0.25) is 0 Å². The Labute approximate surface area is 91.9 Å². The summed E-state index contributed by atoms with van der Waals surface area (Å²) in [7, 11) is 1.78. The SMILES string of the molecule is C=C/C=C(\C=N/C)c1ccccc1CC. The molecule has 0 unspecified atom stereocenters. The second-order valence-corrected chi connectivity index (χ2v) is 3.26. The van der Waals surface area contributed by atoms with Crippen molar-refractivity contribution < 1.29 is 0 Å². The molecule has 0 bridgehead atoms. The van der Waals surface area contributed by atoms with E-state index >= 15 is 0 Å². The van der Waals surface area contributed by atoms with Crippen molar-refractivity contribution in [3.8, 4) is 0 Å². The minimum absolute atomic E-state index is 1.03. The summed E-state index contributed by atoms with van der Waals surface area (Å²) in [6.45, 7) is 5.89. The Kier molecular flexibility index (Phi) is 4.55. The van der Waals surface area contributed by atoms with E-state index in [2.05, 4.69) is 42.8 Å². The molecule has 0 N–H and O–H groups in total. The number of aliphatic imine (C=N–C) groups is 1. The van der Waals surface area contributed by atoms with E-state index in [-0.39, 0.29) is 0 Å². The lowest BCUT2D eigenvalue weighted by Gasteiger charge is -2.07. The Morgan fingerprint density at radius 2 is 2.13 bits per heavy atom. The lowest BCUT2D eigenvalue weighted by Crippen LogP contribution is -1.92. The van der Waals surface area contributed by atoms with Gasteiger partial charge in [-0.25, -0.2) is 0 Å². The van der Waals surface area contributed by atoms with Gasteiger partial charge in [0, 0.05) is 13.3 Å². The van der Waals surface area contributed by atoms with Crippen LogP contribution in [-0.4, -0.2) is 13.3 Å². The molecule has 0 aromatic heterocycles. The maximum Gasteiger partial charge on any atom is 0.0287 e. The molecule has 1 aromatic rings. The predicted octanol–water partition coefficient (Wildman–Crippen LogP) is 3.52. The van der Waals surface area contributed by atoms with Gasteiger partial charge in [-0.05, 0) is 23.1 Å². The number of rotatable bonds is 4. The summed E-state index contributed by atoms with van der Waals surface area (Å²) >= 11 is 0. The van der Waals surface area contributed by atoms with Gasteiger partial charge in [-0.15, -0.1) is 0 Å². The van der Waals surface area contributed by atoms with E-state index in [9.17, 15) is 0 Å². The molecule has 78 valence electrons. The largest absolute Gasteiger partial charge is 0.296 e. The van der Waals surface area contributed by atoms with Gasteiger partial charge in [0.2, 0.25) is 0 Å². The van der Waals surface area contributed by atoms with Crippen molar-refractivity contribution in [1.29, 1.82) is 0 Å². The van der Waals surface area contributed by atoms with Gasteiger partial charge in [-0.2, -0.15) is 0 Å². The Balaban J connectivity index is 3.21. The summed E-state index contributed by atoms with van der Waals surface area (Å²) in [4.78, 5) is 4.07. The molecular weight excluding hydrogens is 182 g/mol. The molecule has 0 heterocycles. The summed E-state index contributed by atoms with van der Waals surface area (Å²) in [6, 6.07) is 8.39. The van der Waals surface area contributed by atoms with Crippen LogP contribution in [0.1, 0.15) is 18.1 Å². The van der Waals surface area contributed by atoms with Gasteiger partial charge in [0.1, 0.15) is 0 Å². The molecule has 0 aliphatic carbocycles. The number of allylic oxidation sites excluding steroid dienone is 3. The third-order valence-electron chi connectivity index (χ3n) is 2.27. The fourth-order valence-electron chi connectivity index (χ4n) is 1.58. The third-order valence-corrected chi connectivity index (χ3v) is 2.27. The van der Waals surface area contributed by atoms with Gasteiger partial charge in [0.25, 0.3) is 0 Å². The van der Waals surface area contributed by atoms with Gasteiger partial charge >= 0.3 is 0 Å². The lowest BCUT2D eigenvalue weighted by molar-refractivity contribution is 1.13. The van der Waals surface area contributed by atoms with Gasteiger partial charge in [0.15, 0.2) is 0 Å². The molecule has 0 spiro atoms. The molecule has 1 heteroatoms. The number of benzene rings is 1. The molecule has 0 radical (unpaired) electrons. The van der Waals surface area contributed by atoms with Crippen LogP contribution in [0, 0.1) is 0 Å². The summed E-state index contributed by atoms with van der Waals surface area (Å²) in [5.41, 5.74) is 3.70. The molecule has 1 nitrogen and oxygen atoms in total. The van der Waals surface area contributed by atoms with Crippen molar-refractivity contribution in [1.82, 2.24) is 0 Å². The number of nitrogens with zero attached hydrogens (tertiary/aromatic N) is 1. The molecule has 0 saturated carbocycles. The monoisotopic (exact) mass is 199 g/mol. The normalized spacial score (nSPS) is 12.0. The van der Waals surface area contributed by atoms with Crippen LogP contribution >= 0.6 is 0 Å². The van der Waals surface area contributed by atoms with Crippen molar-refractivity contribution in [2.45, 2.75) is 13.3 Å². The Hall–Kier alpha value is -1.63. The minimum atomic E-state index is 1.03. The van der Waals surface area contributed by atoms with Crippen LogP contribution in [0.25, 0.3) is 5.57 Å². The van der Waals surface area contributed by atoms with Crippen molar-refractivity contribution >= 4 is 11.8 Å². The molecule has 0 aliphatic heterocycles. The van der Waals surface area contributed by atoms with Gasteiger partial charge in [-0.3, -0.25) is 4.99 Å². The second kappa shape index (κ2) is 5.97. The first-order chi connectivity index (χ1) is 7.33. The van der Waals surface area contributed by atoms with Crippen LogP contribution < -0.4 is 0 Å². The van der Waals surface area contributed by atoms with Crippen molar-refractivity contribution in [2.24, 2.45) is 4.99 Å². The Morgan fingerprint density at radius 3 is 2.73 bits per heavy atom. The van der Waals surface area contributed by atoms with E-state index in [1.54, 1.807) is 13.1 Å². The van der Waals surface area contributed by atoms with Crippen molar-refractivity contribution in [3.05, 3.63) is 54.1 Å². The number of aryl methyl sites for hydroxylation is 1. The molecule has 0 aliphatic rings. The average molecular weight is 199 g/mol. The lowest BCUT2D eigenvalue weighted by atomic mass is 9.98. The van der Waals surface area contributed by atoms with Crippen LogP contribution in [0.4, 0.5) is 0 Å². The van der Waals surface area contributed by atoms with Gasteiger partial charge < -0.3 is 0 Å². The summed E-state index contributed by atoms with van der Waals surface area (Å²) in [5.74, 6) is 0. The fraction of sp³-hybridized carbons (Fsp3) is 0.214. The van der Waals surface area contributed by atoms with Gasteiger partial charge in [0.05, 0.1) is 0 Å². The first-order valence-corrected chi connectivity index (χ1v) is 5.16. The van der Waals surface area contributed by atoms with E-state index in [0.717, 1.165) is 12.0 Å². The molecule has 15 heavy (non-hydrogen) atoms.